The normalized spacial score (nSPS) is 12.3. The number of pyridine rings is 1. The molecular weight excluding hydrogens is 284 g/mol. The summed E-state index contributed by atoms with van der Waals surface area (Å²) in [4.78, 5) is 4.44. The number of ether oxygens (including phenoxy) is 2. The third-order valence-corrected chi connectivity index (χ3v) is 4.27. The molecule has 0 radical (unpaired) electrons. The summed E-state index contributed by atoms with van der Waals surface area (Å²) in [6.07, 6.45) is 1.83. The molecule has 108 valence electrons. The second-order valence-corrected chi connectivity index (χ2v) is 5.64. The van der Waals surface area contributed by atoms with E-state index in [4.69, 9.17) is 15.2 Å². The molecule has 0 bridgehead atoms. The summed E-state index contributed by atoms with van der Waals surface area (Å²) in [6.45, 7) is 0. The van der Waals surface area contributed by atoms with Crippen LogP contribution in [0.3, 0.4) is 0 Å². The van der Waals surface area contributed by atoms with Gasteiger partial charge >= 0.3 is 0 Å². The van der Waals surface area contributed by atoms with Crippen molar-refractivity contribution in [2.45, 2.75) is 6.04 Å². The number of benzene rings is 1. The molecule has 0 spiro atoms. The lowest BCUT2D eigenvalue weighted by Gasteiger charge is -2.15. The Kier molecular flexibility index (Phi) is 3.77. The Hall–Kier alpha value is -2.11. The van der Waals surface area contributed by atoms with E-state index >= 15 is 0 Å². The Morgan fingerprint density at radius 3 is 2.43 bits per heavy atom. The molecule has 2 aromatic heterocycles. The summed E-state index contributed by atoms with van der Waals surface area (Å²) in [6, 6.07) is 9.50. The number of hydrogen-bond acceptors (Lipinski definition) is 5. The van der Waals surface area contributed by atoms with Crippen molar-refractivity contribution in [3.8, 4) is 11.5 Å². The maximum absolute atomic E-state index is 6.38. The van der Waals surface area contributed by atoms with Crippen LogP contribution in [0.25, 0.3) is 10.2 Å². The van der Waals surface area contributed by atoms with E-state index in [2.05, 4.69) is 11.1 Å². The monoisotopic (exact) mass is 300 g/mol. The standard InChI is InChI=1S/C16H16N2O2S/c1-19-12-5-10(6-13(8-12)20-2)16(17)11-7-15-14(18-9-11)3-4-21-15/h3-9,16H,17H2,1-2H3. The minimum Gasteiger partial charge on any atom is -0.497 e. The summed E-state index contributed by atoms with van der Waals surface area (Å²) in [5.41, 5.74) is 9.28. The van der Waals surface area contributed by atoms with Gasteiger partial charge in [0, 0.05) is 12.3 Å². The molecule has 5 heteroatoms. The van der Waals surface area contributed by atoms with Crippen LogP contribution in [0.4, 0.5) is 0 Å². The van der Waals surface area contributed by atoms with Gasteiger partial charge in [-0.25, -0.2) is 0 Å². The molecule has 3 rings (SSSR count). The van der Waals surface area contributed by atoms with E-state index in [0.717, 1.165) is 32.8 Å². The third kappa shape index (κ3) is 2.70. The first-order valence-corrected chi connectivity index (χ1v) is 7.41. The smallest absolute Gasteiger partial charge is 0.122 e. The van der Waals surface area contributed by atoms with E-state index in [1.165, 1.54) is 0 Å². The highest BCUT2D eigenvalue weighted by atomic mass is 32.1. The predicted molar refractivity (Wildman–Crippen MR) is 85.2 cm³/mol. The van der Waals surface area contributed by atoms with Crippen LogP contribution >= 0.6 is 11.3 Å². The lowest BCUT2D eigenvalue weighted by molar-refractivity contribution is 0.393. The van der Waals surface area contributed by atoms with Crippen molar-refractivity contribution in [2.75, 3.05) is 14.2 Å². The second kappa shape index (κ2) is 5.71. The number of methoxy groups -OCH3 is 2. The molecule has 0 aliphatic rings. The van der Waals surface area contributed by atoms with Gasteiger partial charge in [-0.3, -0.25) is 4.98 Å². The van der Waals surface area contributed by atoms with E-state index in [9.17, 15) is 0 Å². The molecule has 1 atom stereocenters. The fourth-order valence-corrected chi connectivity index (χ4v) is 3.02. The van der Waals surface area contributed by atoms with Crippen molar-refractivity contribution >= 4 is 21.6 Å². The molecular formula is C16H16N2O2S. The van der Waals surface area contributed by atoms with E-state index < -0.39 is 0 Å². The number of thiophene rings is 1. The first-order valence-electron chi connectivity index (χ1n) is 6.53. The van der Waals surface area contributed by atoms with Crippen molar-refractivity contribution in [1.82, 2.24) is 4.98 Å². The van der Waals surface area contributed by atoms with Crippen molar-refractivity contribution < 1.29 is 9.47 Å². The van der Waals surface area contributed by atoms with Gasteiger partial charge in [0.05, 0.1) is 30.5 Å². The van der Waals surface area contributed by atoms with E-state index in [1.807, 2.05) is 35.8 Å². The number of nitrogens with zero attached hydrogens (tertiary/aromatic N) is 1. The SMILES string of the molecule is COc1cc(OC)cc(C(N)c2cnc3ccsc3c2)c1. The van der Waals surface area contributed by atoms with Gasteiger partial charge in [0.15, 0.2) is 0 Å². The Labute approximate surface area is 127 Å². The second-order valence-electron chi connectivity index (χ2n) is 4.70. The van der Waals surface area contributed by atoms with Gasteiger partial charge in [0.25, 0.3) is 0 Å². The number of nitrogens with two attached hydrogens (primary N) is 1. The van der Waals surface area contributed by atoms with E-state index in [-0.39, 0.29) is 6.04 Å². The highest BCUT2D eigenvalue weighted by Crippen LogP contribution is 2.30. The van der Waals surface area contributed by atoms with Gasteiger partial charge < -0.3 is 15.2 Å². The van der Waals surface area contributed by atoms with Crippen molar-refractivity contribution in [1.29, 1.82) is 0 Å². The summed E-state index contributed by atoms with van der Waals surface area (Å²) in [5.74, 6) is 1.45. The fraction of sp³-hybridized carbons (Fsp3) is 0.188. The molecule has 0 aliphatic carbocycles. The van der Waals surface area contributed by atoms with Crippen LogP contribution in [0.1, 0.15) is 17.2 Å². The first kappa shape index (κ1) is 13.9. The Balaban J connectivity index is 2.01. The van der Waals surface area contributed by atoms with Crippen LogP contribution in [0.2, 0.25) is 0 Å². The summed E-state index contributed by atoms with van der Waals surface area (Å²) in [5, 5.41) is 2.03. The molecule has 4 nitrogen and oxygen atoms in total. The minimum absolute atomic E-state index is 0.270. The van der Waals surface area contributed by atoms with Crippen molar-refractivity contribution in [2.24, 2.45) is 5.73 Å². The largest absolute Gasteiger partial charge is 0.497 e. The van der Waals surface area contributed by atoms with Gasteiger partial charge in [0.1, 0.15) is 11.5 Å². The zero-order chi connectivity index (χ0) is 14.8. The Bertz CT molecular complexity index is 748. The number of hydrogen-bond donors (Lipinski definition) is 1. The van der Waals surface area contributed by atoms with E-state index in [0.29, 0.717) is 0 Å². The number of fused-ring (bicyclic) bond motifs is 1. The zero-order valence-corrected chi connectivity index (χ0v) is 12.7. The van der Waals surface area contributed by atoms with Crippen molar-refractivity contribution in [3.05, 3.63) is 53.0 Å². The number of rotatable bonds is 4. The van der Waals surface area contributed by atoms with Crippen LogP contribution in [-0.2, 0) is 0 Å². The van der Waals surface area contributed by atoms with Crippen LogP contribution in [0.15, 0.2) is 41.9 Å². The average molecular weight is 300 g/mol. The maximum atomic E-state index is 6.38. The van der Waals surface area contributed by atoms with Gasteiger partial charge in [-0.2, -0.15) is 0 Å². The molecule has 2 heterocycles. The number of aromatic nitrogens is 1. The molecule has 1 aromatic carbocycles. The predicted octanol–water partition coefficient (Wildman–Crippen LogP) is 3.36. The Morgan fingerprint density at radius 1 is 1.05 bits per heavy atom. The zero-order valence-electron chi connectivity index (χ0n) is 11.9. The van der Waals surface area contributed by atoms with Crippen LogP contribution < -0.4 is 15.2 Å². The summed E-state index contributed by atoms with van der Waals surface area (Å²) in [7, 11) is 3.26. The maximum Gasteiger partial charge on any atom is 0.122 e. The van der Waals surface area contributed by atoms with Crippen LogP contribution in [0, 0.1) is 0 Å². The minimum atomic E-state index is -0.270. The molecule has 0 aliphatic heterocycles. The van der Waals surface area contributed by atoms with E-state index in [1.54, 1.807) is 25.6 Å². The molecule has 0 fully saturated rings. The fourth-order valence-electron chi connectivity index (χ4n) is 2.23. The molecule has 0 amide bonds. The molecule has 21 heavy (non-hydrogen) atoms. The van der Waals surface area contributed by atoms with Crippen LogP contribution in [0.5, 0.6) is 11.5 Å². The molecule has 2 N–H and O–H groups in total. The highest BCUT2D eigenvalue weighted by molar-refractivity contribution is 7.17. The highest BCUT2D eigenvalue weighted by Gasteiger charge is 2.13. The topological polar surface area (TPSA) is 57.4 Å². The first-order chi connectivity index (χ1) is 10.2. The molecule has 0 saturated carbocycles. The van der Waals surface area contributed by atoms with Gasteiger partial charge in [0.2, 0.25) is 0 Å². The molecule has 3 aromatic rings. The van der Waals surface area contributed by atoms with Gasteiger partial charge in [-0.15, -0.1) is 11.3 Å². The summed E-state index contributed by atoms with van der Waals surface area (Å²) < 4.78 is 11.7. The molecule has 0 saturated heterocycles. The quantitative estimate of drug-likeness (QED) is 0.802. The average Bonchev–Trinajstić information content (AvgIpc) is 3.01. The van der Waals surface area contributed by atoms with Crippen molar-refractivity contribution in [3.63, 3.8) is 0 Å². The van der Waals surface area contributed by atoms with Gasteiger partial charge in [-0.1, -0.05) is 0 Å². The Morgan fingerprint density at radius 2 is 1.76 bits per heavy atom. The lowest BCUT2D eigenvalue weighted by atomic mass is 10.0. The lowest BCUT2D eigenvalue weighted by Crippen LogP contribution is -2.12. The summed E-state index contributed by atoms with van der Waals surface area (Å²) >= 11 is 1.66. The third-order valence-electron chi connectivity index (χ3n) is 3.42. The van der Waals surface area contributed by atoms with Crippen LogP contribution in [-0.4, -0.2) is 19.2 Å². The molecule has 1 unspecified atom stereocenters. The van der Waals surface area contributed by atoms with Gasteiger partial charge in [-0.05, 0) is 40.8 Å².